The standard InChI is InChI=1S/C8H11N3O4S2/c1-3-15-6(12)9-5-10-11-7(16-5)17(4-2)8(13)14/h3-4H2,1-2H3,(H-,9,10,12,13,14)/p+1. The molecule has 1 amide bonds. The monoisotopic (exact) mass is 278 g/mol. The van der Waals surface area contributed by atoms with E-state index < -0.39 is 22.3 Å². The Balaban J connectivity index is 2.70. The molecule has 2 N–H and O–H groups in total. The van der Waals surface area contributed by atoms with Gasteiger partial charge in [-0.3, -0.25) is 5.32 Å². The highest BCUT2D eigenvalue weighted by Gasteiger charge is 2.34. The lowest BCUT2D eigenvalue weighted by molar-refractivity contribution is 0.168. The van der Waals surface area contributed by atoms with Gasteiger partial charge in [-0.2, -0.15) is 4.79 Å². The number of nitrogens with one attached hydrogen (secondary N) is 1. The highest BCUT2D eigenvalue weighted by Crippen LogP contribution is 2.23. The SMILES string of the molecule is CCOC(=O)Nc1nnc([S+](CC)C(=O)O)s1. The Morgan fingerprint density at radius 3 is 2.71 bits per heavy atom. The van der Waals surface area contributed by atoms with E-state index in [1.165, 1.54) is 0 Å². The Bertz CT molecular complexity index is 409. The van der Waals surface area contributed by atoms with Crippen LogP contribution in [0.3, 0.4) is 0 Å². The minimum Gasteiger partial charge on any atom is -0.450 e. The van der Waals surface area contributed by atoms with E-state index in [2.05, 4.69) is 20.3 Å². The van der Waals surface area contributed by atoms with E-state index in [4.69, 9.17) is 5.11 Å². The van der Waals surface area contributed by atoms with Crippen LogP contribution in [0.4, 0.5) is 14.7 Å². The molecular weight excluding hydrogens is 266 g/mol. The first-order chi connectivity index (χ1) is 8.08. The Kier molecular flexibility index (Phi) is 5.16. The number of hydrogen-bond acceptors (Lipinski definition) is 6. The summed E-state index contributed by atoms with van der Waals surface area (Å²) in [5.41, 5.74) is 0. The summed E-state index contributed by atoms with van der Waals surface area (Å²) in [4.78, 5) is 22.0. The topological polar surface area (TPSA) is 101 Å². The predicted octanol–water partition coefficient (Wildman–Crippen LogP) is 1.78. The molecule has 1 atom stereocenters. The number of anilines is 1. The maximum atomic E-state index is 11.1. The van der Waals surface area contributed by atoms with Gasteiger partial charge in [-0.15, -0.1) is 5.10 Å². The average molecular weight is 278 g/mol. The molecular formula is C8H12N3O4S2+. The van der Waals surface area contributed by atoms with E-state index >= 15 is 0 Å². The van der Waals surface area contributed by atoms with Gasteiger partial charge in [0, 0.05) is 0 Å². The van der Waals surface area contributed by atoms with Crippen LogP contribution in [0.2, 0.25) is 0 Å². The number of rotatable bonds is 4. The van der Waals surface area contributed by atoms with Crippen LogP contribution >= 0.6 is 11.3 Å². The number of carbonyl (C=O) groups is 2. The van der Waals surface area contributed by atoms with Crippen molar-refractivity contribution in [3.63, 3.8) is 0 Å². The molecule has 0 fully saturated rings. The van der Waals surface area contributed by atoms with E-state index in [9.17, 15) is 9.59 Å². The molecule has 0 bridgehead atoms. The van der Waals surface area contributed by atoms with E-state index in [1.54, 1.807) is 13.8 Å². The van der Waals surface area contributed by atoms with E-state index in [0.29, 0.717) is 10.1 Å². The van der Waals surface area contributed by atoms with E-state index in [-0.39, 0.29) is 11.7 Å². The van der Waals surface area contributed by atoms with Gasteiger partial charge in [0.05, 0.1) is 6.61 Å². The molecule has 94 valence electrons. The molecule has 0 saturated heterocycles. The summed E-state index contributed by atoms with van der Waals surface area (Å²) < 4.78 is 5.06. The molecule has 0 saturated carbocycles. The fraction of sp³-hybridized carbons (Fsp3) is 0.500. The van der Waals surface area contributed by atoms with Crippen LogP contribution in [0.5, 0.6) is 0 Å². The first-order valence-electron chi connectivity index (χ1n) is 4.79. The highest BCUT2D eigenvalue weighted by molar-refractivity contribution is 8.11. The zero-order valence-electron chi connectivity index (χ0n) is 9.30. The number of ether oxygens (including phenoxy) is 1. The molecule has 0 spiro atoms. The normalized spacial score (nSPS) is 11.9. The number of carboxylic acid groups (broad SMARTS) is 1. The van der Waals surface area contributed by atoms with Crippen LogP contribution < -0.4 is 5.32 Å². The molecule has 0 aliphatic carbocycles. The zero-order chi connectivity index (χ0) is 12.8. The van der Waals surface area contributed by atoms with Crippen LogP contribution in [0.1, 0.15) is 13.8 Å². The lowest BCUT2D eigenvalue weighted by Crippen LogP contribution is -2.15. The molecule has 9 heteroatoms. The van der Waals surface area contributed by atoms with Gasteiger partial charge in [0.15, 0.2) is 10.9 Å². The van der Waals surface area contributed by atoms with Crippen molar-refractivity contribution in [1.29, 1.82) is 0 Å². The van der Waals surface area contributed by atoms with Gasteiger partial charge in [0.25, 0.3) is 0 Å². The Morgan fingerprint density at radius 2 is 2.18 bits per heavy atom. The smallest absolute Gasteiger partial charge is 0.450 e. The van der Waals surface area contributed by atoms with Gasteiger partial charge in [0.1, 0.15) is 5.75 Å². The number of carbonyl (C=O) groups excluding carboxylic acids is 1. The van der Waals surface area contributed by atoms with Gasteiger partial charge < -0.3 is 9.84 Å². The van der Waals surface area contributed by atoms with Crippen molar-refractivity contribution in [3.8, 4) is 0 Å². The lowest BCUT2D eigenvalue weighted by atomic mass is 10.9. The van der Waals surface area contributed by atoms with Crippen molar-refractivity contribution < 1.29 is 19.4 Å². The maximum absolute atomic E-state index is 11.1. The first kappa shape index (κ1) is 13.7. The summed E-state index contributed by atoms with van der Waals surface area (Å²) >= 11 is 1.05. The van der Waals surface area contributed by atoms with E-state index in [1.807, 2.05) is 0 Å². The Morgan fingerprint density at radius 1 is 1.47 bits per heavy atom. The maximum Gasteiger partial charge on any atom is 0.531 e. The highest BCUT2D eigenvalue weighted by atomic mass is 32.2. The van der Waals surface area contributed by atoms with Gasteiger partial charge in [-0.05, 0) is 25.2 Å². The third kappa shape index (κ3) is 3.86. The van der Waals surface area contributed by atoms with E-state index in [0.717, 1.165) is 11.3 Å². The van der Waals surface area contributed by atoms with Gasteiger partial charge in [0.2, 0.25) is 5.13 Å². The molecule has 1 rings (SSSR count). The lowest BCUT2D eigenvalue weighted by Gasteiger charge is -1.99. The van der Waals surface area contributed by atoms with Crippen molar-refractivity contribution in [2.75, 3.05) is 17.7 Å². The van der Waals surface area contributed by atoms with Crippen LogP contribution in [0.15, 0.2) is 4.34 Å². The molecule has 1 aromatic heterocycles. The Hall–Kier alpha value is -1.35. The third-order valence-corrected chi connectivity index (χ3v) is 4.59. The number of amides is 1. The molecule has 1 unspecified atom stereocenters. The summed E-state index contributed by atoms with van der Waals surface area (Å²) in [6.45, 7) is 3.70. The molecule has 0 radical (unpaired) electrons. The summed E-state index contributed by atoms with van der Waals surface area (Å²) in [7, 11) is -0.975. The fourth-order valence-electron chi connectivity index (χ4n) is 0.936. The minimum atomic E-state index is -0.975. The van der Waals surface area contributed by atoms with Gasteiger partial charge in [-0.25, -0.2) is 4.79 Å². The summed E-state index contributed by atoms with van der Waals surface area (Å²) in [5, 5.41) is 18.1. The van der Waals surface area contributed by atoms with Crippen molar-refractivity contribution in [3.05, 3.63) is 0 Å². The molecule has 1 aromatic rings. The van der Waals surface area contributed by atoms with Crippen molar-refractivity contribution in [2.45, 2.75) is 18.2 Å². The molecule has 17 heavy (non-hydrogen) atoms. The first-order valence-corrected chi connectivity index (χ1v) is 7.00. The second kappa shape index (κ2) is 6.40. The van der Waals surface area contributed by atoms with Gasteiger partial charge >= 0.3 is 15.7 Å². The number of aromatic nitrogens is 2. The van der Waals surface area contributed by atoms with Crippen LogP contribution in [-0.4, -0.2) is 39.1 Å². The minimum absolute atomic E-state index is 0.241. The van der Waals surface area contributed by atoms with Crippen LogP contribution in [0, 0.1) is 0 Å². The quantitative estimate of drug-likeness (QED) is 0.643. The van der Waals surface area contributed by atoms with Crippen LogP contribution in [0.25, 0.3) is 0 Å². The fourth-order valence-corrected chi connectivity index (χ4v) is 3.39. The third-order valence-electron chi connectivity index (χ3n) is 1.60. The van der Waals surface area contributed by atoms with Crippen LogP contribution in [-0.2, 0) is 15.6 Å². The second-order valence-corrected chi connectivity index (χ2v) is 5.99. The largest absolute Gasteiger partial charge is 0.531 e. The molecule has 1 heterocycles. The molecule has 0 aliphatic rings. The van der Waals surface area contributed by atoms with Crippen molar-refractivity contribution >= 4 is 38.8 Å². The summed E-state index contributed by atoms with van der Waals surface area (Å²) in [5.74, 6) is 0.448. The number of nitrogens with zero attached hydrogens (tertiary/aromatic N) is 2. The second-order valence-electron chi connectivity index (χ2n) is 2.66. The summed E-state index contributed by atoms with van der Waals surface area (Å²) in [6, 6.07) is 0. The molecule has 0 aromatic carbocycles. The molecule has 0 aliphatic heterocycles. The number of hydrogen-bond donors (Lipinski definition) is 2. The average Bonchev–Trinajstić information content (AvgIpc) is 2.67. The van der Waals surface area contributed by atoms with Crippen molar-refractivity contribution in [2.24, 2.45) is 0 Å². The van der Waals surface area contributed by atoms with Crippen molar-refractivity contribution in [1.82, 2.24) is 10.2 Å². The predicted molar refractivity (Wildman–Crippen MR) is 64.8 cm³/mol. The Labute approximate surface area is 105 Å². The summed E-state index contributed by atoms with van der Waals surface area (Å²) in [6.07, 6.45) is -0.623. The van der Waals surface area contributed by atoms with Gasteiger partial charge in [-0.1, -0.05) is 5.10 Å². The molecule has 7 nitrogen and oxygen atoms in total. The zero-order valence-corrected chi connectivity index (χ0v) is 10.9.